The largest absolute Gasteiger partial charge is 0.318 e. The third kappa shape index (κ3) is 2.70. The van der Waals surface area contributed by atoms with E-state index in [1.807, 2.05) is 30.3 Å². The van der Waals surface area contributed by atoms with Crippen molar-refractivity contribution >= 4 is 56.0 Å². The first-order valence-corrected chi connectivity index (χ1v) is 10.8. The van der Waals surface area contributed by atoms with Gasteiger partial charge < -0.3 is 4.57 Å². The highest BCUT2D eigenvalue weighted by Gasteiger charge is 2.13. The maximum atomic E-state index is 13.0. The third-order valence-electron chi connectivity index (χ3n) is 4.97. The molecule has 4 nitrogen and oxygen atoms in total. The van der Waals surface area contributed by atoms with Crippen LogP contribution < -0.4 is 10.1 Å². The molecule has 0 fully saturated rings. The van der Waals surface area contributed by atoms with Gasteiger partial charge in [0.2, 0.25) is 0 Å². The predicted molar refractivity (Wildman–Crippen MR) is 124 cm³/mol. The fourth-order valence-electron chi connectivity index (χ4n) is 3.70. The van der Waals surface area contributed by atoms with E-state index >= 15 is 0 Å². The minimum atomic E-state index is -0.00670. The second-order valence-electron chi connectivity index (χ2n) is 6.78. The molecule has 0 amide bonds. The Labute approximate surface area is 178 Å². The van der Waals surface area contributed by atoms with E-state index in [0.717, 1.165) is 38.6 Å². The van der Waals surface area contributed by atoms with Crippen molar-refractivity contribution in [3.63, 3.8) is 0 Å². The number of imidazole rings is 1. The zero-order chi connectivity index (χ0) is 19.4. The standard InChI is InChI=1S/C22H16IN3OS/c1-13-10-15(14(2)25(13)17-7-5-6-16(23)12-17)11-20-21(27)26-19-9-4-3-8-18(19)24-22(26)28-20/h3-12H,1-2H3/b20-11-. The highest BCUT2D eigenvalue weighted by atomic mass is 127. The lowest BCUT2D eigenvalue weighted by atomic mass is 10.2. The monoisotopic (exact) mass is 497 g/mol. The Kier molecular flexibility index (Phi) is 4.13. The molecule has 5 rings (SSSR count). The zero-order valence-corrected chi connectivity index (χ0v) is 18.3. The Morgan fingerprint density at radius 2 is 1.89 bits per heavy atom. The minimum absolute atomic E-state index is 0.00670. The Morgan fingerprint density at radius 1 is 1.07 bits per heavy atom. The van der Waals surface area contributed by atoms with Crippen LogP contribution in [0, 0.1) is 17.4 Å². The van der Waals surface area contributed by atoms with Crippen LogP contribution in [0.25, 0.3) is 27.8 Å². The molecule has 5 aromatic rings. The summed E-state index contributed by atoms with van der Waals surface area (Å²) in [4.78, 5) is 18.4. The number of hydrogen-bond acceptors (Lipinski definition) is 3. The molecule has 6 heteroatoms. The van der Waals surface area contributed by atoms with Gasteiger partial charge in [0.05, 0.1) is 15.6 Å². The summed E-state index contributed by atoms with van der Waals surface area (Å²) in [7, 11) is 0. The van der Waals surface area contributed by atoms with Crippen molar-refractivity contribution in [2.24, 2.45) is 0 Å². The van der Waals surface area contributed by atoms with E-state index in [9.17, 15) is 4.79 Å². The van der Waals surface area contributed by atoms with Crippen LogP contribution in [-0.4, -0.2) is 14.0 Å². The molecule has 0 aliphatic heterocycles. The van der Waals surface area contributed by atoms with Gasteiger partial charge in [-0.1, -0.05) is 29.5 Å². The van der Waals surface area contributed by atoms with Crippen molar-refractivity contribution < 1.29 is 0 Å². The molecule has 0 N–H and O–H groups in total. The molecule has 0 aliphatic rings. The Balaban J connectivity index is 1.71. The van der Waals surface area contributed by atoms with Gasteiger partial charge in [-0.15, -0.1) is 0 Å². The van der Waals surface area contributed by atoms with Crippen molar-refractivity contribution in [3.05, 3.63) is 90.0 Å². The number of thiazole rings is 1. The highest BCUT2D eigenvalue weighted by molar-refractivity contribution is 14.1. The molecule has 3 heterocycles. The number of aryl methyl sites for hydroxylation is 1. The van der Waals surface area contributed by atoms with Gasteiger partial charge >= 0.3 is 0 Å². The van der Waals surface area contributed by atoms with E-state index in [1.54, 1.807) is 4.40 Å². The van der Waals surface area contributed by atoms with Crippen molar-refractivity contribution in [2.45, 2.75) is 13.8 Å². The van der Waals surface area contributed by atoms with Crippen molar-refractivity contribution in [3.8, 4) is 5.69 Å². The molecule has 0 atom stereocenters. The quantitative estimate of drug-likeness (QED) is 0.338. The van der Waals surface area contributed by atoms with Gasteiger partial charge in [-0.3, -0.25) is 4.79 Å². The van der Waals surface area contributed by atoms with Crippen LogP contribution in [0.3, 0.4) is 0 Å². The molecular formula is C22H16IN3OS. The second kappa shape index (κ2) is 6.56. The summed E-state index contributed by atoms with van der Waals surface area (Å²) in [5.74, 6) is 0. The fourth-order valence-corrected chi connectivity index (χ4v) is 5.20. The SMILES string of the molecule is Cc1cc(/C=c2\sc3nc4ccccc4n3c2=O)c(C)n1-c1cccc(I)c1. The molecule has 28 heavy (non-hydrogen) atoms. The first-order chi connectivity index (χ1) is 13.5. The molecular weight excluding hydrogens is 481 g/mol. The van der Waals surface area contributed by atoms with Crippen LogP contribution in [0.5, 0.6) is 0 Å². The Hall–Kier alpha value is -2.45. The molecule has 0 saturated carbocycles. The first kappa shape index (κ1) is 17.6. The zero-order valence-electron chi connectivity index (χ0n) is 15.3. The smallest absolute Gasteiger partial charge is 0.274 e. The number of halogens is 1. The Bertz CT molecular complexity index is 1480. The van der Waals surface area contributed by atoms with Gasteiger partial charge in [-0.25, -0.2) is 9.38 Å². The molecule has 0 unspecified atom stereocenters. The number of hydrogen-bond donors (Lipinski definition) is 0. The highest BCUT2D eigenvalue weighted by Crippen LogP contribution is 2.23. The predicted octanol–water partition coefficient (Wildman–Crippen LogP) is 4.47. The summed E-state index contributed by atoms with van der Waals surface area (Å²) in [5.41, 5.74) is 6.17. The van der Waals surface area contributed by atoms with Gasteiger partial charge in [-0.2, -0.15) is 0 Å². The van der Waals surface area contributed by atoms with Crippen LogP contribution in [-0.2, 0) is 0 Å². The first-order valence-electron chi connectivity index (χ1n) is 8.89. The third-order valence-corrected chi connectivity index (χ3v) is 6.61. The molecule has 138 valence electrons. The summed E-state index contributed by atoms with van der Waals surface area (Å²) in [6.45, 7) is 4.19. The van der Waals surface area contributed by atoms with E-state index in [1.165, 1.54) is 14.9 Å². The van der Waals surface area contributed by atoms with E-state index < -0.39 is 0 Å². The normalized spacial score (nSPS) is 12.5. The lowest BCUT2D eigenvalue weighted by Gasteiger charge is -2.09. The van der Waals surface area contributed by atoms with Gasteiger partial charge in [0.25, 0.3) is 5.56 Å². The summed E-state index contributed by atoms with van der Waals surface area (Å²) in [5, 5.41) is 0. The van der Waals surface area contributed by atoms with E-state index in [-0.39, 0.29) is 5.56 Å². The van der Waals surface area contributed by atoms with Crippen LogP contribution in [0.2, 0.25) is 0 Å². The minimum Gasteiger partial charge on any atom is -0.318 e. The number of fused-ring (bicyclic) bond motifs is 3. The summed E-state index contributed by atoms with van der Waals surface area (Å²) in [6.07, 6.45) is 1.99. The number of aromatic nitrogens is 3. The average molecular weight is 497 g/mol. The number of rotatable bonds is 2. The molecule has 0 aliphatic carbocycles. The summed E-state index contributed by atoms with van der Waals surface area (Å²) >= 11 is 3.77. The van der Waals surface area contributed by atoms with Crippen molar-refractivity contribution in [1.29, 1.82) is 0 Å². The van der Waals surface area contributed by atoms with Crippen LogP contribution in [0.4, 0.5) is 0 Å². The van der Waals surface area contributed by atoms with E-state index in [4.69, 9.17) is 0 Å². The van der Waals surface area contributed by atoms with Crippen molar-refractivity contribution in [1.82, 2.24) is 14.0 Å². The molecule has 0 spiro atoms. The molecule has 2 aromatic carbocycles. The summed E-state index contributed by atoms with van der Waals surface area (Å²) in [6, 6.07) is 18.3. The molecule has 0 radical (unpaired) electrons. The number of nitrogens with zero attached hydrogens (tertiary/aromatic N) is 3. The number of para-hydroxylation sites is 2. The van der Waals surface area contributed by atoms with Gasteiger partial charge in [0.1, 0.15) is 0 Å². The maximum absolute atomic E-state index is 13.0. The fraction of sp³-hybridized carbons (Fsp3) is 0.0909. The maximum Gasteiger partial charge on any atom is 0.274 e. The summed E-state index contributed by atoms with van der Waals surface area (Å²) < 4.78 is 5.84. The second-order valence-corrected chi connectivity index (χ2v) is 9.03. The van der Waals surface area contributed by atoms with E-state index in [0.29, 0.717) is 4.53 Å². The van der Waals surface area contributed by atoms with Gasteiger partial charge in [0.15, 0.2) is 4.96 Å². The lowest BCUT2D eigenvalue weighted by molar-refractivity contribution is 0.963. The Morgan fingerprint density at radius 3 is 2.71 bits per heavy atom. The van der Waals surface area contributed by atoms with Crippen LogP contribution in [0.15, 0.2) is 59.4 Å². The molecule has 3 aromatic heterocycles. The molecule has 0 saturated heterocycles. The van der Waals surface area contributed by atoms with E-state index in [2.05, 4.69) is 76.3 Å². The van der Waals surface area contributed by atoms with Crippen LogP contribution >= 0.6 is 33.9 Å². The molecule has 0 bridgehead atoms. The van der Waals surface area contributed by atoms with Crippen molar-refractivity contribution in [2.75, 3.05) is 0 Å². The lowest BCUT2D eigenvalue weighted by Crippen LogP contribution is -2.22. The van der Waals surface area contributed by atoms with Gasteiger partial charge in [0, 0.05) is 20.6 Å². The average Bonchev–Trinajstić information content (AvgIpc) is 3.27. The van der Waals surface area contributed by atoms with Gasteiger partial charge in [-0.05, 0) is 84.5 Å². The topological polar surface area (TPSA) is 39.3 Å². The number of benzene rings is 2. The van der Waals surface area contributed by atoms with Crippen LogP contribution in [0.1, 0.15) is 17.0 Å².